The maximum atomic E-state index is 2.54. The third-order valence-electron chi connectivity index (χ3n) is 8.97. The Morgan fingerprint density at radius 3 is 1.15 bits per heavy atom. The molecular weight excluding hydrogens is 484 g/mol. The number of aromatic nitrogens is 2. The highest BCUT2D eigenvalue weighted by molar-refractivity contribution is 6.31. The fraction of sp³-hybridized carbons (Fsp3) is 0. The number of hydrogen-bond acceptors (Lipinski definition) is 0. The molecule has 0 atom stereocenters. The van der Waals surface area contributed by atoms with Gasteiger partial charge in [-0.25, -0.2) is 0 Å². The van der Waals surface area contributed by atoms with E-state index in [1.807, 2.05) is 0 Å². The van der Waals surface area contributed by atoms with Gasteiger partial charge in [0.1, 0.15) is 0 Å². The molecule has 0 aliphatic carbocycles. The summed E-state index contributed by atoms with van der Waals surface area (Å²) in [6.45, 7) is 0. The Morgan fingerprint density at radius 1 is 0.275 bits per heavy atom. The van der Waals surface area contributed by atoms with Crippen LogP contribution in [0.1, 0.15) is 0 Å². The SMILES string of the molecule is c1ccc(-c2ccc3c4cccc5c4n(c3c2)c2c3cccc4c6ccc(-c7ccccc7)cc6n(c43)c52)cc1. The van der Waals surface area contributed by atoms with E-state index in [0.717, 1.165) is 0 Å². The van der Waals surface area contributed by atoms with E-state index >= 15 is 0 Å². The van der Waals surface area contributed by atoms with Gasteiger partial charge in [-0.3, -0.25) is 0 Å². The molecule has 0 saturated carbocycles. The van der Waals surface area contributed by atoms with Crippen molar-refractivity contribution in [2.75, 3.05) is 0 Å². The van der Waals surface area contributed by atoms with Gasteiger partial charge in [0.25, 0.3) is 0 Å². The molecule has 6 aromatic carbocycles. The topological polar surface area (TPSA) is 8.82 Å². The molecular formula is C38H22N2. The molecule has 4 aromatic heterocycles. The first-order valence-corrected chi connectivity index (χ1v) is 13.9. The Hall–Kier alpha value is -5.34. The summed E-state index contributed by atoms with van der Waals surface area (Å²) < 4.78 is 5.08. The number of nitrogens with zero attached hydrogens (tertiary/aromatic N) is 2. The minimum atomic E-state index is 1.24. The lowest BCUT2D eigenvalue weighted by molar-refractivity contribution is 1.37. The second kappa shape index (κ2) is 7.19. The van der Waals surface area contributed by atoms with E-state index < -0.39 is 0 Å². The van der Waals surface area contributed by atoms with E-state index in [2.05, 4.69) is 142 Å². The standard InChI is InChI=1S/C38H22N2/c1-3-9-23(10-4-1)25-17-19-27-29-13-7-15-31-35(29)39(33(27)21-25)37-32-16-8-14-30-28-20-18-26(24-11-5-2-6-12-24)22-34(28)40(36(30)32)38(31)37/h1-22H. The Kier molecular flexibility index (Phi) is 3.70. The monoisotopic (exact) mass is 506 g/mol. The quantitative estimate of drug-likeness (QED) is 0.221. The number of para-hydroxylation sites is 2. The Bertz CT molecular complexity index is 2380. The fourth-order valence-electron chi connectivity index (χ4n) is 7.31. The highest BCUT2D eigenvalue weighted by atomic mass is 15.0. The van der Waals surface area contributed by atoms with Crippen molar-refractivity contribution in [1.29, 1.82) is 0 Å². The molecule has 0 unspecified atom stereocenters. The average molecular weight is 507 g/mol. The van der Waals surface area contributed by atoms with Crippen LogP contribution in [0.25, 0.3) is 87.7 Å². The molecule has 0 bridgehead atoms. The van der Waals surface area contributed by atoms with Crippen molar-refractivity contribution < 1.29 is 0 Å². The molecule has 10 aromatic rings. The van der Waals surface area contributed by atoms with Gasteiger partial charge < -0.3 is 8.80 Å². The molecule has 0 saturated heterocycles. The summed E-state index contributed by atoms with van der Waals surface area (Å²) in [6.07, 6.45) is 0. The van der Waals surface area contributed by atoms with Crippen LogP contribution < -0.4 is 0 Å². The number of fused-ring (bicyclic) bond motifs is 11. The number of hydrogen-bond donors (Lipinski definition) is 0. The lowest BCUT2D eigenvalue weighted by Gasteiger charge is -2.04. The third kappa shape index (κ3) is 2.41. The number of benzene rings is 6. The molecule has 10 rings (SSSR count). The fourth-order valence-corrected chi connectivity index (χ4v) is 7.31. The van der Waals surface area contributed by atoms with Crippen molar-refractivity contribution in [3.63, 3.8) is 0 Å². The van der Waals surface area contributed by atoms with Gasteiger partial charge in [0, 0.05) is 32.3 Å². The van der Waals surface area contributed by atoms with Gasteiger partial charge in [0.15, 0.2) is 0 Å². The van der Waals surface area contributed by atoms with Crippen LogP contribution in [0, 0.1) is 0 Å². The molecule has 0 aliphatic rings. The molecule has 0 aliphatic heterocycles. The molecule has 2 nitrogen and oxygen atoms in total. The molecule has 0 amide bonds. The summed E-state index contributed by atoms with van der Waals surface area (Å²) in [5, 5.41) is 7.87. The van der Waals surface area contributed by atoms with E-state index in [1.54, 1.807) is 0 Å². The first-order valence-electron chi connectivity index (χ1n) is 13.9. The maximum absolute atomic E-state index is 2.54. The van der Waals surface area contributed by atoms with Crippen LogP contribution in [0.5, 0.6) is 0 Å². The molecule has 184 valence electrons. The molecule has 2 heteroatoms. The molecule has 0 radical (unpaired) electrons. The summed E-state index contributed by atoms with van der Waals surface area (Å²) >= 11 is 0. The summed E-state index contributed by atoms with van der Waals surface area (Å²) in [5.41, 5.74) is 12.8. The van der Waals surface area contributed by atoms with Crippen molar-refractivity contribution in [1.82, 2.24) is 8.80 Å². The van der Waals surface area contributed by atoms with Crippen LogP contribution >= 0.6 is 0 Å². The second-order valence-corrected chi connectivity index (χ2v) is 11.0. The molecule has 40 heavy (non-hydrogen) atoms. The zero-order valence-corrected chi connectivity index (χ0v) is 21.6. The molecule has 0 spiro atoms. The maximum Gasteiger partial charge on any atom is 0.0804 e. The summed E-state index contributed by atoms with van der Waals surface area (Å²) in [7, 11) is 0. The minimum Gasteiger partial charge on any atom is -0.306 e. The molecule has 4 heterocycles. The summed E-state index contributed by atoms with van der Waals surface area (Å²) in [5.74, 6) is 0. The first-order chi connectivity index (χ1) is 19.9. The van der Waals surface area contributed by atoms with Crippen LogP contribution in [0.15, 0.2) is 133 Å². The van der Waals surface area contributed by atoms with Crippen LogP contribution in [0.4, 0.5) is 0 Å². The van der Waals surface area contributed by atoms with Gasteiger partial charge in [-0.2, -0.15) is 0 Å². The normalized spacial score (nSPS) is 12.5. The predicted octanol–water partition coefficient (Wildman–Crippen LogP) is 10.2. The van der Waals surface area contributed by atoms with Crippen molar-refractivity contribution in [2.24, 2.45) is 0 Å². The van der Waals surface area contributed by atoms with E-state index in [-0.39, 0.29) is 0 Å². The van der Waals surface area contributed by atoms with Gasteiger partial charge in [-0.1, -0.05) is 121 Å². The van der Waals surface area contributed by atoms with Gasteiger partial charge in [-0.05, 0) is 34.4 Å². The van der Waals surface area contributed by atoms with Gasteiger partial charge in [0.2, 0.25) is 0 Å². The van der Waals surface area contributed by atoms with Gasteiger partial charge in [-0.15, -0.1) is 0 Å². The summed E-state index contributed by atoms with van der Waals surface area (Å²) in [6, 6.07) is 49.0. The Labute approximate surface area is 229 Å². The zero-order valence-electron chi connectivity index (χ0n) is 21.6. The Morgan fingerprint density at radius 2 is 0.700 bits per heavy atom. The van der Waals surface area contributed by atoms with Crippen molar-refractivity contribution in [3.8, 4) is 22.3 Å². The minimum absolute atomic E-state index is 1.24. The lowest BCUT2D eigenvalue weighted by Crippen LogP contribution is -1.83. The number of rotatable bonds is 2. The Balaban J connectivity index is 1.42. The van der Waals surface area contributed by atoms with E-state index in [0.29, 0.717) is 0 Å². The highest BCUT2D eigenvalue weighted by Gasteiger charge is 2.25. The first kappa shape index (κ1) is 20.6. The zero-order chi connectivity index (χ0) is 25.9. The predicted molar refractivity (Wildman–Crippen MR) is 169 cm³/mol. The third-order valence-corrected chi connectivity index (χ3v) is 8.97. The lowest BCUT2D eigenvalue weighted by atomic mass is 10.0. The van der Waals surface area contributed by atoms with E-state index in [9.17, 15) is 0 Å². The van der Waals surface area contributed by atoms with E-state index in [1.165, 1.54) is 87.7 Å². The van der Waals surface area contributed by atoms with Gasteiger partial charge in [0.05, 0.1) is 33.1 Å². The molecule has 0 fully saturated rings. The second-order valence-electron chi connectivity index (χ2n) is 11.0. The highest BCUT2D eigenvalue weighted by Crippen LogP contribution is 2.47. The van der Waals surface area contributed by atoms with Crippen LogP contribution in [0.3, 0.4) is 0 Å². The van der Waals surface area contributed by atoms with Crippen LogP contribution in [-0.4, -0.2) is 8.80 Å². The smallest absolute Gasteiger partial charge is 0.0804 e. The largest absolute Gasteiger partial charge is 0.306 e. The van der Waals surface area contributed by atoms with Crippen molar-refractivity contribution in [2.45, 2.75) is 0 Å². The summed E-state index contributed by atoms with van der Waals surface area (Å²) in [4.78, 5) is 0. The van der Waals surface area contributed by atoms with Crippen molar-refractivity contribution >= 4 is 65.4 Å². The van der Waals surface area contributed by atoms with E-state index in [4.69, 9.17) is 0 Å². The molecule has 0 N–H and O–H groups in total. The van der Waals surface area contributed by atoms with Crippen molar-refractivity contribution in [3.05, 3.63) is 133 Å². The van der Waals surface area contributed by atoms with Crippen LogP contribution in [0.2, 0.25) is 0 Å². The average Bonchev–Trinajstić information content (AvgIpc) is 3.74. The van der Waals surface area contributed by atoms with Crippen LogP contribution in [-0.2, 0) is 0 Å². The van der Waals surface area contributed by atoms with Gasteiger partial charge >= 0.3 is 0 Å².